The van der Waals surface area contributed by atoms with E-state index in [0.29, 0.717) is 5.31 Å². The second-order valence-corrected chi connectivity index (χ2v) is 8.34. The fourth-order valence-electron chi connectivity index (χ4n) is 3.89. The van der Waals surface area contributed by atoms with Crippen molar-refractivity contribution in [3.8, 4) is 0 Å². The highest BCUT2D eigenvalue weighted by Crippen LogP contribution is 2.52. The minimum absolute atomic E-state index is 0.0218. The first-order valence-corrected chi connectivity index (χ1v) is 8.18. The highest BCUT2D eigenvalue weighted by molar-refractivity contribution is 6.59. The van der Waals surface area contributed by atoms with Crippen LogP contribution in [0.25, 0.3) is 0 Å². The molecule has 0 saturated carbocycles. The summed E-state index contributed by atoms with van der Waals surface area (Å²) >= 11 is 6.85. The third kappa shape index (κ3) is 3.68. The van der Waals surface area contributed by atoms with Crippen molar-refractivity contribution in [1.29, 1.82) is 0 Å². The first-order chi connectivity index (χ1) is 8.79. The number of hydrogen-bond acceptors (Lipinski definition) is 2. The van der Waals surface area contributed by atoms with Gasteiger partial charge in [0.1, 0.15) is 7.28 Å². The lowest BCUT2D eigenvalue weighted by molar-refractivity contribution is 0.0631. The van der Waals surface area contributed by atoms with Crippen LogP contribution in [0.2, 0.25) is 5.31 Å². The van der Waals surface area contributed by atoms with E-state index in [0.717, 1.165) is 6.54 Å². The zero-order valence-electron chi connectivity index (χ0n) is 13.1. The Bertz CT molecular complexity index is 318. The fraction of sp³-hybridized carbons (Fsp3) is 1.00. The van der Waals surface area contributed by atoms with Crippen LogP contribution >= 0.6 is 11.6 Å². The number of nitrogens with one attached hydrogen (secondary N) is 1. The molecule has 19 heavy (non-hydrogen) atoms. The Morgan fingerprint density at radius 3 is 2.32 bits per heavy atom. The summed E-state index contributed by atoms with van der Waals surface area (Å²) in [6.45, 7) is 7.90. The third-order valence-corrected chi connectivity index (χ3v) is 5.39. The van der Waals surface area contributed by atoms with Gasteiger partial charge in [0.15, 0.2) is 0 Å². The Hall–Kier alpha value is 0.275. The van der Waals surface area contributed by atoms with Crippen LogP contribution < -0.4 is 5.43 Å². The van der Waals surface area contributed by atoms with E-state index in [1.807, 2.05) is 7.05 Å². The maximum Gasteiger partial charge on any atom is 0.148 e. The number of fused-ring (bicyclic) bond motifs is 2. The lowest BCUT2D eigenvalue weighted by Crippen LogP contribution is -2.55. The molecule has 2 bridgehead atoms. The normalized spacial score (nSPS) is 35.9. The summed E-state index contributed by atoms with van der Waals surface area (Å²) in [5.74, 6) is 0. The number of halogens is 1. The van der Waals surface area contributed by atoms with Crippen molar-refractivity contribution < 1.29 is 0 Å². The fourth-order valence-corrected chi connectivity index (χ4v) is 4.39. The number of hydrazine groups is 1. The minimum atomic E-state index is -0.0218. The monoisotopic (exact) mass is 283 g/mol. The topological polar surface area (TPSA) is 15.3 Å². The SMILES string of the molecule is CNN(CC12[B]C(Cl)(CCCC1)CCC2)C(C)(C)C. The van der Waals surface area contributed by atoms with Gasteiger partial charge < -0.3 is 0 Å². The van der Waals surface area contributed by atoms with Gasteiger partial charge in [-0.05, 0) is 46.0 Å². The van der Waals surface area contributed by atoms with Crippen molar-refractivity contribution in [3.05, 3.63) is 0 Å². The summed E-state index contributed by atoms with van der Waals surface area (Å²) in [6.07, 6.45) is 8.84. The molecule has 0 spiro atoms. The van der Waals surface area contributed by atoms with Crippen molar-refractivity contribution in [2.75, 3.05) is 13.6 Å². The molecular formula is C15H29BClN2. The standard InChI is InChI=1S/C15H29BClN2/c1-13(2,3)19(18-4)12-14-8-5-6-10-15(17,16-14)11-7-9-14/h18H,5-12H2,1-4H3. The second-order valence-electron chi connectivity index (χ2n) is 7.58. The summed E-state index contributed by atoms with van der Waals surface area (Å²) < 4.78 is -0.0218. The molecule has 2 heterocycles. The van der Waals surface area contributed by atoms with E-state index < -0.39 is 0 Å². The van der Waals surface area contributed by atoms with Gasteiger partial charge >= 0.3 is 0 Å². The maximum atomic E-state index is 6.85. The lowest BCUT2D eigenvalue weighted by Gasteiger charge is -2.48. The largest absolute Gasteiger partial charge is 0.258 e. The van der Waals surface area contributed by atoms with Crippen LogP contribution in [0.1, 0.15) is 65.7 Å². The molecule has 0 aliphatic carbocycles. The predicted molar refractivity (Wildman–Crippen MR) is 84.9 cm³/mol. The number of rotatable bonds is 3. The van der Waals surface area contributed by atoms with Gasteiger partial charge in [-0.2, -0.15) is 0 Å². The van der Waals surface area contributed by atoms with Crippen LogP contribution in [0, 0.1) is 0 Å². The Balaban J connectivity index is 2.15. The summed E-state index contributed by atoms with van der Waals surface area (Å²) in [6, 6.07) is 0. The molecule has 4 heteroatoms. The van der Waals surface area contributed by atoms with Crippen molar-refractivity contribution in [3.63, 3.8) is 0 Å². The molecule has 1 radical (unpaired) electrons. The Kier molecular flexibility index (Phi) is 4.60. The minimum Gasteiger partial charge on any atom is -0.258 e. The first kappa shape index (κ1) is 15.7. The molecule has 1 N–H and O–H groups in total. The van der Waals surface area contributed by atoms with E-state index in [9.17, 15) is 0 Å². The number of hydrogen-bond donors (Lipinski definition) is 1. The van der Waals surface area contributed by atoms with Gasteiger partial charge in [0.2, 0.25) is 0 Å². The molecule has 2 aliphatic rings. The highest BCUT2D eigenvalue weighted by atomic mass is 35.5. The number of alkyl halides is 1. The van der Waals surface area contributed by atoms with Gasteiger partial charge in [-0.3, -0.25) is 5.43 Å². The van der Waals surface area contributed by atoms with Gasteiger partial charge in [-0.25, -0.2) is 5.01 Å². The Morgan fingerprint density at radius 2 is 1.68 bits per heavy atom. The van der Waals surface area contributed by atoms with E-state index in [1.165, 1.54) is 44.9 Å². The number of nitrogens with zero attached hydrogens (tertiary/aromatic N) is 1. The molecule has 0 aromatic heterocycles. The molecule has 0 aromatic rings. The van der Waals surface area contributed by atoms with Gasteiger partial charge in [0.25, 0.3) is 0 Å². The summed E-state index contributed by atoms with van der Waals surface area (Å²) in [5.41, 5.74) is 3.54. The predicted octanol–water partition coefficient (Wildman–Crippen LogP) is 3.78. The van der Waals surface area contributed by atoms with Crippen LogP contribution in [-0.4, -0.2) is 36.2 Å². The molecule has 0 aromatic carbocycles. The summed E-state index contributed by atoms with van der Waals surface area (Å²) in [4.78, 5) is 0. The summed E-state index contributed by atoms with van der Waals surface area (Å²) in [7, 11) is 4.56. The lowest BCUT2D eigenvalue weighted by atomic mass is 9.39. The Labute approximate surface area is 124 Å². The van der Waals surface area contributed by atoms with Crippen LogP contribution in [0.4, 0.5) is 0 Å². The molecule has 2 fully saturated rings. The maximum absolute atomic E-state index is 6.85. The van der Waals surface area contributed by atoms with Crippen molar-refractivity contribution >= 4 is 18.9 Å². The molecule has 0 amide bonds. The molecule has 2 aliphatic heterocycles. The van der Waals surface area contributed by atoms with Crippen LogP contribution in [0.3, 0.4) is 0 Å². The third-order valence-electron chi connectivity index (χ3n) is 4.90. The first-order valence-electron chi connectivity index (χ1n) is 7.80. The average Bonchev–Trinajstić information content (AvgIpc) is 2.41. The van der Waals surface area contributed by atoms with E-state index in [2.05, 4.69) is 38.5 Å². The van der Waals surface area contributed by atoms with Gasteiger partial charge in [-0.1, -0.05) is 32.1 Å². The van der Waals surface area contributed by atoms with Crippen LogP contribution in [0.15, 0.2) is 0 Å². The van der Waals surface area contributed by atoms with Crippen LogP contribution in [-0.2, 0) is 0 Å². The zero-order valence-corrected chi connectivity index (χ0v) is 13.8. The smallest absolute Gasteiger partial charge is 0.148 e. The Morgan fingerprint density at radius 1 is 1.11 bits per heavy atom. The second kappa shape index (κ2) is 5.58. The molecule has 109 valence electrons. The quantitative estimate of drug-likeness (QED) is 0.482. The van der Waals surface area contributed by atoms with Gasteiger partial charge in [0.05, 0.1) is 0 Å². The molecule has 2 rings (SSSR count). The van der Waals surface area contributed by atoms with E-state index in [-0.39, 0.29) is 10.3 Å². The van der Waals surface area contributed by atoms with Crippen molar-refractivity contribution in [2.45, 2.75) is 81.3 Å². The van der Waals surface area contributed by atoms with E-state index >= 15 is 0 Å². The molecule has 2 nitrogen and oxygen atoms in total. The van der Waals surface area contributed by atoms with Crippen molar-refractivity contribution in [2.24, 2.45) is 0 Å². The van der Waals surface area contributed by atoms with E-state index in [4.69, 9.17) is 11.6 Å². The molecular weight excluding hydrogens is 254 g/mol. The summed E-state index contributed by atoms with van der Waals surface area (Å²) in [5, 5.41) is 2.70. The van der Waals surface area contributed by atoms with E-state index in [1.54, 1.807) is 0 Å². The zero-order chi connectivity index (χ0) is 14.1. The van der Waals surface area contributed by atoms with Crippen LogP contribution in [0.5, 0.6) is 0 Å². The average molecular weight is 284 g/mol. The molecule has 2 unspecified atom stereocenters. The van der Waals surface area contributed by atoms with Gasteiger partial charge in [0, 0.05) is 16.9 Å². The highest BCUT2D eigenvalue weighted by Gasteiger charge is 2.47. The van der Waals surface area contributed by atoms with Crippen molar-refractivity contribution in [1.82, 2.24) is 10.4 Å². The van der Waals surface area contributed by atoms with Gasteiger partial charge in [-0.15, -0.1) is 11.6 Å². The molecule has 2 saturated heterocycles. The molecule has 2 atom stereocenters.